The van der Waals surface area contributed by atoms with Crippen molar-refractivity contribution < 1.29 is 9.90 Å². The molecule has 130 valence electrons. The van der Waals surface area contributed by atoms with Crippen molar-refractivity contribution in [2.75, 3.05) is 0 Å². The van der Waals surface area contributed by atoms with Gasteiger partial charge in [0.05, 0.1) is 17.7 Å². The van der Waals surface area contributed by atoms with Crippen LogP contribution in [0.2, 0.25) is 0 Å². The van der Waals surface area contributed by atoms with Gasteiger partial charge in [0.25, 0.3) is 0 Å². The molecule has 0 radical (unpaired) electrons. The summed E-state index contributed by atoms with van der Waals surface area (Å²) in [5.41, 5.74) is 5.87. The maximum atomic E-state index is 13.3. The number of aliphatic hydroxyl groups is 1. The smallest absolute Gasteiger partial charge is 0.241 e. The van der Waals surface area contributed by atoms with Crippen molar-refractivity contribution in [3.05, 3.63) is 0 Å². The molecule has 1 heterocycles. The van der Waals surface area contributed by atoms with Gasteiger partial charge in [-0.25, -0.2) is 0 Å². The first-order chi connectivity index (χ1) is 11.3. The lowest BCUT2D eigenvalue weighted by Crippen LogP contribution is -2.64. The number of hydrogen-bond acceptors (Lipinski definition) is 4. The van der Waals surface area contributed by atoms with Gasteiger partial charge in [-0.15, -0.1) is 0 Å². The first-order valence-electron chi connectivity index (χ1n) is 9.47. The van der Waals surface area contributed by atoms with E-state index in [1.807, 2.05) is 4.90 Å². The van der Waals surface area contributed by atoms with E-state index < -0.39 is 11.6 Å². The fraction of sp³-hybridized carbons (Fsp3) is 0.895. The number of nitrogens with two attached hydrogens (primary N) is 1. The molecule has 1 amide bonds. The number of hydrogen-bond donors (Lipinski definition) is 2. The van der Waals surface area contributed by atoms with E-state index in [0.29, 0.717) is 18.3 Å². The third-order valence-corrected chi connectivity index (χ3v) is 8.04. The Morgan fingerprint density at radius 1 is 1.25 bits per heavy atom. The van der Waals surface area contributed by atoms with Crippen LogP contribution >= 0.6 is 0 Å². The topological polar surface area (TPSA) is 90.4 Å². The second-order valence-corrected chi connectivity index (χ2v) is 9.99. The van der Waals surface area contributed by atoms with Gasteiger partial charge >= 0.3 is 0 Å². The molecule has 2 unspecified atom stereocenters. The number of piperidine rings is 1. The minimum Gasteiger partial charge on any atom is -0.390 e. The van der Waals surface area contributed by atoms with Crippen LogP contribution in [0.25, 0.3) is 0 Å². The molecule has 5 heteroatoms. The van der Waals surface area contributed by atoms with Crippen molar-refractivity contribution >= 4 is 5.91 Å². The zero-order chi connectivity index (χ0) is 16.9. The van der Waals surface area contributed by atoms with Gasteiger partial charge in [0.15, 0.2) is 0 Å². The highest BCUT2D eigenvalue weighted by molar-refractivity contribution is 5.84. The molecule has 6 atom stereocenters. The number of fused-ring (bicyclic) bond motifs is 1. The SMILES string of the molecule is C[C@]12C[C@@H](C#N)N(C(=O)[C@@H](N)C34CC5CC(CC(O)(C5)C3)C4)[C@H]1C2. The van der Waals surface area contributed by atoms with Crippen molar-refractivity contribution in [3.63, 3.8) is 0 Å². The van der Waals surface area contributed by atoms with Gasteiger partial charge in [0.1, 0.15) is 6.04 Å². The van der Waals surface area contributed by atoms with Crippen molar-refractivity contribution in [2.45, 2.75) is 82.0 Å². The lowest BCUT2D eigenvalue weighted by atomic mass is 9.46. The van der Waals surface area contributed by atoms with E-state index in [-0.39, 0.29) is 28.8 Å². The van der Waals surface area contributed by atoms with Crippen LogP contribution in [0.4, 0.5) is 0 Å². The molecule has 5 aliphatic carbocycles. The van der Waals surface area contributed by atoms with Crippen molar-refractivity contribution in [2.24, 2.45) is 28.4 Å². The van der Waals surface area contributed by atoms with E-state index >= 15 is 0 Å². The third kappa shape index (κ3) is 1.84. The lowest BCUT2D eigenvalue weighted by molar-refractivity contribution is -0.177. The minimum absolute atomic E-state index is 0.0293. The highest BCUT2D eigenvalue weighted by atomic mass is 16.3. The first kappa shape index (κ1) is 15.2. The van der Waals surface area contributed by atoms with E-state index in [1.165, 1.54) is 6.42 Å². The van der Waals surface area contributed by atoms with Crippen LogP contribution in [0.5, 0.6) is 0 Å². The molecule has 0 aromatic carbocycles. The van der Waals surface area contributed by atoms with E-state index in [0.717, 1.165) is 38.5 Å². The monoisotopic (exact) mass is 329 g/mol. The number of rotatable bonds is 2. The predicted octanol–water partition coefficient (Wildman–Crippen LogP) is 1.55. The second kappa shape index (κ2) is 4.34. The normalized spacial score (nSPS) is 55.2. The highest BCUT2D eigenvalue weighted by Gasteiger charge is 2.66. The molecular weight excluding hydrogens is 302 g/mol. The number of nitrogens with zero attached hydrogens (tertiary/aromatic N) is 2. The first-order valence-corrected chi connectivity index (χ1v) is 9.47. The molecule has 6 rings (SSSR count). The number of nitriles is 1. The van der Waals surface area contributed by atoms with Gasteiger partial charge in [-0.05, 0) is 74.0 Å². The molecule has 0 aromatic rings. The van der Waals surface area contributed by atoms with Crippen molar-refractivity contribution in [1.29, 1.82) is 5.26 Å². The van der Waals surface area contributed by atoms with Gasteiger partial charge in [-0.2, -0.15) is 5.26 Å². The highest BCUT2D eigenvalue weighted by Crippen LogP contribution is 2.64. The zero-order valence-corrected chi connectivity index (χ0v) is 14.4. The van der Waals surface area contributed by atoms with E-state index in [1.54, 1.807) is 0 Å². The van der Waals surface area contributed by atoms with Crippen LogP contribution < -0.4 is 5.73 Å². The Hall–Kier alpha value is -1.12. The molecule has 0 aromatic heterocycles. The predicted molar refractivity (Wildman–Crippen MR) is 87.4 cm³/mol. The molecule has 0 spiro atoms. The minimum atomic E-state index is -0.601. The summed E-state index contributed by atoms with van der Waals surface area (Å²) < 4.78 is 0. The molecule has 5 nitrogen and oxygen atoms in total. The molecule has 4 bridgehead atoms. The van der Waals surface area contributed by atoms with Gasteiger partial charge in [0.2, 0.25) is 5.91 Å². The number of likely N-dealkylation sites (tertiary alicyclic amines) is 1. The fourth-order valence-corrected chi connectivity index (χ4v) is 7.28. The largest absolute Gasteiger partial charge is 0.390 e. The average Bonchev–Trinajstić information content (AvgIpc) is 3.05. The summed E-state index contributed by atoms with van der Waals surface area (Å²) in [4.78, 5) is 15.1. The van der Waals surface area contributed by atoms with Gasteiger partial charge < -0.3 is 15.7 Å². The Morgan fingerprint density at radius 2 is 1.92 bits per heavy atom. The van der Waals surface area contributed by atoms with E-state index in [4.69, 9.17) is 5.73 Å². The quantitative estimate of drug-likeness (QED) is 0.804. The number of carbonyl (C=O) groups excluding carboxylic acids is 1. The van der Waals surface area contributed by atoms with Crippen LogP contribution in [0.15, 0.2) is 0 Å². The standard InChI is InChI=1S/C19H27N3O2/c1-17-7-13(9-20)22(14(17)8-17)16(23)15(21)18-3-11-2-12(4-18)6-19(24,5-11)10-18/h11-15,24H,2-8,10,21H2,1H3/t11?,12?,13-,14-,15+,17+,18?,19?/m0/s1. The van der Waals surface area contributed by atoms with Crippen LogP contribution in [-0.4, -0.2) is 39.6 Å². The molecule has 1 aliphatic heterocycles. The van der Waals surface area contributed by atoms with E-state index in [2.05, 4.69) is 13.0 Å². The van der Waals surface area contributed by atoms with Gasteiger partial charge in [-0.3, -0.25) is 4.79 Å². The van der Waals surface area contributed by atoms with Gasteiger partial charge in [-0.1, -0.05) is 6.92 Å². The third-order valence-electron chi connectivity index (χ3n) is 8.04. The summed E-state index contributed by atoms with van der Waals surface area (Å²) in [6, 6.07) is 1.65. The Morgan fingerprint density at radius 3 is 2.50 bits per heavy atom. The number of amides is 1. The lowest BCUT2D eigenvalue weighted by Gasteiger charge is -2.61. The number of carbonyl (C=O) groups is 1. The van der Waals surface area contributed by atoms with E-state index in [9.17, 15) is 15.2 Å². The zero-order valence-electron chi connectivity index (χ0n) is 14.4. The molecule has 6 fully saturated rings. The fourth-order valence-electron chi connectivity index (χ4n) is 7.28. The van der Waals surface area contributed by atoms with Crippen LogP contribution in [0.3, 0.4) is 0 Å². The Labute approximate surface area is 143 Å². The maximum Gasteiger partial charge on any atom is 0.241 e. The van der Waals surface area contributed by atoms with Crippen molar-refractivity contribution in [3.8, 4) is 6.07 Å². The summed E-state index contributed by atoms with van der Waals surface area (Å²) in [6.07, 6.45) is 7.38. The second-order valence-electron chi connectivity index (χ2n) is 9.99. The molecule has 1 saturated heterocycles. The maximum absolute atomic E-state index is 13.3. The van der Waals surface area contributed by atoms with Crippen LogP contribution in [-0.2, 0) is 4.79 Å². The Balaban J connectivity index is 1.43. The Kier molecular flexibility index (Phi) is 2.74. The summed E-state index contributed by atoms with van der Waals surface area (Å²) >= 11 is 0. The summed E-state index contributed by atoms with van der Waals surface area (Å²) in [6.45, 7) is 2.17. The summed E-state index contributed by atoms with van der Waals surface area (Å²) in [5.74, 6) is 1.01. The van der Waals surface area contributed by atoms with Gasteiger partial charge in [0, 0.05) is 6.04 Å². The Bertz CT molecular complexity index is 641. The van der Waals surface area contributed by atoms with Crippen molar-refractivity contribution in [1.82, 2.24) is 4.90 Å². The summed E-state index contributed by atoms with van der Waals surface area (Å²) in [5, 5.41) is 20.4. The average molecular weight is 329 g/mol. The van der Waals surface area contributed by atoms with Crippen LogP contribution in [0, 0.1) is 34.0 Å². The molecule has 3 N–H and O–H groups in total. The van der Waals surface area contributed by atoms with Crippen LogP contribution in [0.1, 0.15) is 58.3 Å². The summed E-state index contributed by atoms with van der Waals surface area (Å²) in [7, 11) is 0. The molecule has 5 saturated carbocycles. The molecule has 24 heavy (non-hydrogen) atoms. The molecular formula is C19H27N3O2. The molecule has 6 aliphatic rings.